The molecule has 0 bridgehead atoms. The molecule has 0 aliphatic carbocycles. The van der Waals surface area contributed by atoms with Gasteiger partial charge in [0.25, 0.3) is 11.6 Å². The van der Waals surface area contributed by atoms with Crippen LogP contribution >= 0.6 is 11.6 Å². The van der Waals surface area contributed by atoms with Crippen LogP contribution in [-0.4, -0.2) is 42.4 Å². The first kappa shape index (κ1) is 20.9. The first-order chi connectivity index (χ1) is 13.8. The third-order valence-electron chi connectivity index (χ3n) is 4.42. The summed E-state index contributed by atoms with van der Waals surface area (Å²) in [5.74, 6) is -0.543. The van der Waals surface area contributed by atoms with Crippen LogP contribution in [-0.2, 0) is 14.8 Å². The lowest BCUT2D eigenvalue weighted by molar-refractivity contribution is -0.384. The quantitative estimate of drug-likeness (QED) is 0.423. The number of sulfonamides is 1. The molecule has 3 rings (SSSR count). The van der Waals surface area contributed by atoms with Crippen LogP contribution < -0.4 is 5.43 Å². The van der Waals surface area contributed by atoms with Crippen LogP contribution in [0.5, 0.6) is 0 Å². The van der Waals surface area contributed by atoms with E-state index in [2.05, 4.69) is 10.5 Å². The second kappa shape index (κ2) is 8.68. The zero-order valence-electron chi connectivity index (χ0n) is 15.1. The van der Waals surface area contributed by atoms with Crippen molar-refractivity contribution in [3.05, 3.63) is 69.2 Å². The van der Waals surface area contributed by atoms with E-state index in [1.165, 1.54) is 54.7 Å². The molecule has 2 aromatic carbocycles. The summed E-state index contributed by atoms with van der Waals surface area (Å²) in [5.41, 5.74) is 2.84. The second-order valence-electron chi connectivity index (χ2n) is 6.31. The van der Waals surface area contributed by atoms with E-state index in [-0.39, 0.29) is 17.1 Å². The van der Waals surface area contributed by atoms with Crippen LogP contribution in [0.1, 0.15) is 18.4 Å². The van der Waals surface area contributed by atoms with Gasteiger partial charge in [0.1, 0.15) is 6.04 Å². The van der Waals surface area contributed by atoms with E-state index >= 15 is 0 Å². The van der Waals surface area contributed by atoms with Gasteiger partial charge in [-0.05, 0) is 54.8 Å². The van der Waals surface area contributed by atoms with E-state index in [1.54, 1.807) is 0 Å². The van der Waals surface area contributed by atoms with Crippen molar-refractivity contribution in [2.75, 3.05) is 6.54 Å². The number of nitrogens with one attached hydrogen (secondary N) is 1. The molecule has 1 aliphatic heterocycles. The minimum Gasteiger partial charge on any atom is -0.271 e. The van der Waals surface area contributed by atoms with Crippen LogP contribution in [0.2, 0.25) is 5.02 Å². The summed E-state index contributed by atoms with van der Waals surface area (Å²) in [6.45, 7) is 0.231. The Morgan fingerprint density at radius 2 is 1.86 bits per heavy atom. The lowest BCUT2D eigenvalue weighted by Crippen LogP contribution is -2.44. The molecule has 1 amide bonds. The Kier molecular flexibility index (Phi) is 6.26. The Bertz CT molecular complexity index is 1040. The van der Waals surface area contributed by atoms with Crippen LogP contribution in [0.3, 0.4) is 0 Å². The summed E-state index contributed by atoms with van der Waals surface area (Å²) >= 11 is 5.81. The van der Waals surface area contributed by atoms with Crippen LogP contribution in [0.15, 0.2) is 58.5 Å². The number of nitrogens with zero attached hydrogens (tertiary/aromatic N) is 3. The summed E-state index contributed by atoms with van der Waals surface area (Å²) < 4.78 is 26.9. The topological polar surface area (TPSA) is 122 Å². The third kappa shape index (κ3) is 4.78. The first-order valence-electron chi connectivity index (χ1n) is 8.64. The molecule has 0 spiro atoms. The van der Waals surface area contributed by atoms with Gasteiger partial charge in [0.15, 0.2) is 0 Å². The molecule has 29 heavy (non-hydrogen) atoms. The molecule has 1 saturated heterocycles. The van der Waals surface area contributed by atoms with E-state index < -0.39 is 26.9 Å². The maximum absolute atomic E-state index is 12.9. The van der Waals surface area contributed by atoms with E-state index in [9.17, 15) is 23.3 Å². The Labute approximate surface area is 172 Å². The number of hydrogen-bond donors (Lipinski definition) is 1. The predicted octanol–water partition coefficient (Wildman–Crippen LogP) is 2.55. The summed E-state index contributed by atoms with van der Waals surface area (Å²) in [5, 5.41) is 14.9. The standard InChI is InChI=1S/C18H17ClN4O5S/c19-14-5-9-16(10-6-14)29(27,28)22-11-1-2-17(22)18(24)21-20-12-13-3-7-15(8-4-13)23(25)26/h3-10,12,17H,1-2,11H2,(H,21,24)/b20-12-/t17-/m0/s1. The fraction of sp³-hybridized carbons (Fsp3) is 0.222. The van der Waals surface area contributed by atoms with Gasteiger partial charge in [-0.2, -0.15) is 9.41 Å². The van der Waals surface area contributed by atoms with Crippen molar-refractivity contribution in [3.8, 4) is 0 Å². The van der Waals surface area contributed by atoms with Gasteiger partial charge in [-0.1, -0.05) is 11.6 Å². The van der Waals surface area contributed by atoms with E-state index in [4.69, 9.17) is 11.6 Å². The fourth-order valence-corrected chi connectivity index (χ4v) is 4.74. The molecule has 1 heterocycles. The summed E-state index contributed by atoms with van der Waals surface area (Å²) in [6, 6.07) is 10.5. The van der Waals surface area contributed by atoms with E-state index in [0.717, 1.165) is 4.31 Å². The summed E-state index contributed by atoms with van der Waals surface area (Å²) in [4.78, 5) is 22.7. The number of hydrogen-bond acceptors (Lipinski definition) is 6. The molecule has 0 radical (unpaired) electrons. The molecule has 0 aromatic heterocycles. The van der Waals surface area contributed by atoms with Gasteiger partial charge in [-0.15, -0.1) is 0 Å². The summed E-state index contributed by atoms with van der Waals surface area (Å²) in [7, 11) is -3.84. The monoisotopic (exact) mass is 436 g/mol. The molecular formula is C18H17ClN4O5S. The van der Waals surface area contributed by atoms with Gasteiger partial charge < -0.3 is 0 Å². The van der Waals surface area contributed by atoms with Crippen molar-refractivity contribution >= 4 is 39.4 Å². The lowest BCUT2D eigenvalue weighted by Gasteiger charge is -2.22. The number of halogens is 1. The van der Waals surface area contributed by atoms with Gasteiger partial charge in [-0.3, -0.25) is 14.9 Å². The SMILES string of the molecule is O=C(N/N=C\c1ccc([N+](=O)[O-])cc1)[C@@H]1CCCN1S(=O)(=O)c1ccc(Cl)cc1. The number of nitro groups is 1. The molecule has 152 valence electrons. The molecule has 1 N–H and O–H groups in total. The molecule has 1 fully saturated rings. The molecule has 9 nitrogen and oxygen atoms in total. The Hall–Kier alpha value is -2.82. The van der Waals surface area contributed by atoms with Crippen molar-refractivity contribution in [2.24, 2.45) is 5.10 Å². The minimum atomic E-state index is -3.84. The molecule has 0 saturated carbocycles. The minimum absolute atomic E-state index is 0.0554. The largest absolute Gasteiger partial charge is 0.271 e. The van der Waals surface area contributed by atoms with E-state index in [0.29, 0.717) is 23.4 Å². The highest BCUT2D eigenvalue weighted by molar-refractivity contribution is 7.89. The average molecular weight is 437 g/mol. The molecular weight excluding hydrogens is 420 g/mol. The van der Waals surface area contributed by atoms with Crippen molar-refractivity contribution < 1.29 is 18.1 Å². The second-order valence-corrected chi connectivity index (χ2v) is 8.64. The third-order valence-corrected chi connectivity index (χ3v) is 6.59. The molecule has 2 aromatic rings. The summed E-state index contributed by atoms with van der Waals surface area (Å²) in [6.07, 6.45) is 2.26. The van der Waals surface area contributed by atoms with Crippen LogP contribution in [0, 0.1) is 10.1 Å². The van der Waals surface area contributed by atoms with Crippen molar-refractivity contribution in [1.29, 1.82) is 0 Å². The predicted molar refractivity (Wildman–Crippen MR) is 107 cm³/mol. The smallest absolute Gasteiger partial charge is 0.269 e. The Morgan fingerprint density at radius 1 is 1.21 bits per heavy atom. The van der Waals surface area contributed by atoms with Gasteiger partial charge in [0.2, 0.25) is 10.0 Å². The zero-order valence-corrected chi connectivity index (χ0v) is 16.6. The number of rotatable bonds is 6. The highest BCUT2D eigenvalue weighted by Gasteiger charge is 2.39. The van der Waals surface area contributed by atoms with Crippen molar-refractivity contribution in [2.45, 2.75) is 23.8 Å². The van der Waals surface area contributed by atoms with Gasteiger partial charge in [-0.25, -0.2) is 13.8 Å². The molecule has 1 aliphatic rings. The number of hydrazone groups is 1. The van der Waals surface area contributed by atoms with Crippen molar-refractivity contribution in [1.82, 2.24) is 9.73 Å². The van der Waals surface area contributed by atoms with E-state index in [1.807, 2.05) is 0 Å². The Morgan fingerprint density at radius 3 is 2.48 bits per heavy atom. The first-order valence-corrected chi connectivity index (χ1v) is 10.5. The number of nitro benzene ring substituents is 1. The van der Waals surface area contributed by atoms with Crippen LogP contribution in [0.25, 0.3) is 0 Å². The fourth-order valence-electron chi connectivity index (χ4n) is 2.96. The normalized spacial score (nSPS) is 17.5. The molecule has 1 atom stereocenters. The maximum Gasteiger partial charge on any atom is 0.269 e. The number of non-ortho nitro benzene ring substituents is 1. The molecule has 11 heteroatoms. The van der Waals surface area contributed by atoms with Gasteiger partial charge in [0.05, 0.1) is 16.0 Å². The number of carbonyl (C=O) groups is 1. The molecule has 0 unspecified atom stereocenters. The van der Waals surface area contributed by atoms with Gasteiger partial charge >= 0.3 is 0 Å². The average Bonchev–Trinajstić information content (AvgIpc) is 3.19. The number of carbonyl (C=O) groups excluding carboxylic acids is 1. The number of amides is 1. The number of benzene rings is 2. The maximum atomic E-state index is 12.9. The highest BCUT2D eigenvalue weighted by Crippen LogP contribution is 2.27. The van der Waals surface area contributed by atoms with Gasteiger partial charge in [0, 0.05) is 23.7 Å². The highest BCUT2D eigenvalue weighted by atomic mass is 35.5. The lowest BCUT2D eigenvalue weighted by atomic mass is 10.2. The van der Waals surface area contributed by atoms with Crippen molar-refractivity contribution in [3.63, 3.8) is 0 Å². The zero-order chi connectivity index (χ0) is 21.0. The van der Waals surface area contributed by atoms with Crippen LogP contribution in [0.4, 0.5) is 5.69 Å². The Balaban J connectivity index is 1.68.